The fourth-order valence-corrected chi connectivity index (χ4v) is 16.1. The molecule has 0 radical (unpaired) electrons. The van der Waals surface area contributed by atoms with Crippen molar-refractivity contribution in [1.29, 1.82) is 0 Å². The fraction of sp³-hybridized carbons (Fsp3) is 0.143. The lowest BCUT2D eigenvalue weighted by Gasteiger charge is -2.38. The third kappa shape index (κ3) is 2.86. The first-order valence-corrected chi connectivity index (χ1v) is 15.1. The lowest BCUT2D eigenvalue weighted by atomic mass is 10.0. The van der Waals surface area contributed by atoms with Crippen LogP contribution in [0.1, 0.15) is 22.3 Å². The average Bonchev–Trinajstić information content (AvgIpc) is 2.74. The number of hydrogen-bond donors (Lipinski definition) is 0. The summed E-state index contributed by atoms with van der Waals surface area (Å²) in [6.07, 6.45) is 0. The minimum absolute atomic E-state index is 0.462. The standard InChI is InChI=1S/C28H26O2SSi/c1-19-7-5-9-23(15-19)32(24-10-6-8-20(2)16-24)28-18-22(4)12-14-26(28)25-13-11-21(3)17-27(25)31(32,29)30/h5-18H,1-4H3. The molecule has 0 aromatic heterocycles. The van der Waals surface area contributed by atoms with Crippen LogP contribution in [-0.2, 0) is 9.29 Å². The van der Waals surface area contributed by atoms with E-state index in [1.54, 1.807) is 0 Å². The van der Waals surface area contributed by atoms with E-state index in [2.05, 4.69) is 30.3 Å². The van der Waals surface area contributed by atoms with Gasteiger partial charge in [0, 0.05) is 0 Å². The van der Waals surface area contributed by atoms with Crippen LogP contribution >= 0.6 is 0 Å². The Morgan fingerprint density at radius 3 is 1.62 bits per heavy atom. The maximum absolute atomic E-state index is 14.8. The highest BCUT2D eigenvalue weighted by Crippen LogP contribution is 2.38. The molecule has 4 aromatic carbocycles. The van der Waals surface area contributed by atoms with Gasteiger partial charge < -0.3 is 0 Å². The molecule has 4 heteroatoms. The second kappa shape index (κ2) is 7.29. The van der Waals surface area contributed by atoms with Gasteiger partial charge in [0.25, 0.3) is 7.22 Å². The molecular formula is C28H26O2SSi. The smallest absolute Gasteiger partial charge is 0.230 e. The summed E-state index contributed by atoms with van der Waals surface area (Å²) in [7, 11) is -7.18. The summed E-state index contributed by atoms with van der Waals surface area (Å²) in [6.45, 7) is 8.07. The van der Waals surface area contributed by atoms with E-state index in [1.807, 2.05) is 82.3 Å². The van der Waals surface area contributed by atoms with Gasteiger partial charge in [-0.25, -0.2) is 8.42 Å². The van der Waals surface area contributed by atoms with Crippen LogP contribution in [0.2, 0.25) is 0 Å². The van der Waals surface area contributed by atoms with Crippen LogP contribution in [0, 0.1) is 27.7 Å². The van der Waals surface area contributed by atoms with E-state index in [1.165, 1.54) is 0 Å². The van der Waals surface area contributed by atoms with E-state index in [-0.39, 0.29) is 0 Å². The van der Waals surface area contributed by atoms with E-state index in [0.717, 1.165) is 48.9 Å². The molecule has 1 aliphatic rings. The normalized spacial score (nSPS) is 15.6. The van der Waals surface area contributed by atoms with Crippen molar-refractivity contribution in [3.63, 3.8) is 0 Å². The van der Waals surface area contributed by atoms with Crippen LogP contribution in [-0.4, -0.2) is 15.6 Å². The average molecular weight is 455 g/mol. The van der Waals surface area contributed by atoms with Gasteiger partial charge in [0.1, 0.15) is 0 Å². The molecule has 0 N–H and O–H groups in total. The van der Waals surface area contributed by atoms with Gasteiger partial charge in [-0.3, -0.25) is 0 Å². The van der Waals surface area contributed by atoms with Crippen LogP contribution in [0.4, 0.5) is 0 Å². The van der Waals surface area contributed by atoms with Crippen LogP contribution in [0.15, 0.2) is 89.8 Å². The summed E-state index contributed by atoms with van der Waals surface area (Å²) in [5.74, 6) is 0. The van der Waals surface area contributed by atoms with Crippen molar-refractivity contribution in [3.05, 3.63) is 107 Å². The Bertz CT molecular complexity index is 1440. The molecule has 0 bridgehead atoms. The van der Waals surface area contributed by atoms with Crippen LogP contribution in [0.5, 0.6) is 0 Å². The Hall–Kier alpha value is -2.95. The third-order valence-corrected chi connectivity index (χ3v) is 16.8. The van der Waals surface area contributed by atoms with Gasteiger partial charge in [-0.2, -0.15) is 0 Å². The van der Waals surface area contributed by atoms with E-state index in [4.69, 9.17) is 0 Å². The maximum atomic E-state index is 14.8. The molecule has 0 amide bonds. The van der Waals surface area contributed by atoms with Crippen LogP contribution in [0.3, 0.4) is 0 Å². The molecule has 0 fully saturated rings. The minimum Gasteiger partial charge on any atom is -0.230 e. The van der Waals surface area contributed by atoms with Crippen molar-refractivity contribution in [2.75, 3.05) is 0 Å². The molecule has 1 heterocycles. The summed E-state index contributed by atoms with van der Waals surface area (Å²) in [5, 5.41) is 2.80. The molecule has 4 aromatic rings. The predicted octanol–water partition coefficient (Wildman–Crippen LogP) is 4.34. The lowest BCUT2D eigenvalue weighted by Crippen LogP contribution is -2.73. The zero-order valence-electron chi connectivity index (χ0n) is 18.8. The van der Waals surface area contributed by atoms with Gasteiger partial charge in [0.15, 0.2) is 9.29 Å². The van der Waals surface area contributed by atoms with E-state index in [0.29, 0.717) is 4.90 Å². The van der Waals surface area contributed by atoms with Crippen LogP contribution < -0.4 is 15.6 Å². The molecule has 1 aliphatic heterocycles. The third-order valence-electron chi connectivity index (χ3n) is 6.52. The van der Waals surface area contributed by atoms with Gasteiger partial charge in [0.2, 0.25) is 0 Å². The molecule has 0 saturated heterocycles. The highest BCUT2D eigenvalue weighted by Gasteiger charge is 2.57. The first-order chi connectivity index (χ1) is 15.2. The molecule has 0 atom stereocenters. The highest BCUT2D eigenvalue weighted by atomic mass is 32.4. The molecule has 32 heavy (non-hydrogen) atoms. The fourth-order valence-electron chi connectivity index (χ4n) is 5.08. The van der Waals surface area contributed by atoms with E-state index >= 15 is 0 Å². The topological polar surface area (TPSA) is 34.1 Å². The molecule has 5 rings (SSSR count). The van der Waals surface area contributed by atoms with Crippen molar-refractivity contribution >= 4 is 32.1 Å². The monoisotopic (exact) mass is 454 g/mol. The number of rotatable bonds is 2. The Morgan fingerprint density at radius 1 is 0.562 bits per heavy atom. The van der Waals surface area contributed by atoms with Crippen LogP contribution in [0.25, 0.3) is 11.1 Å². The summed E-state index contributed by atoms with van der Waals surface area (Å²) < 4.78 is 29.7. The Balaban J connectivity index is 2.06. The van der Waals surface area contributed by atoms with E-state index < -0.39 is 16.5 Å². The van der Waals surface area contributed by atoms with Gasteiger partial charge in [-0.1, -0.05) is 95.6 Å². The zero-order valence-corrected chi connectivity index (χ0v) is 20.6. The lowest BCUT2D eigenvalue weighted by molar-refractivity contribution is 0.608. The Kier molecular flexibility index (Phi) is 4.77. The second-order valence-corrected chi connectivity index (χ2v) is 16.9. The first kappa shape index (κ1) is 20.9. The second-order valence-electron chi connectivity index (χ2n) is 8.97. The van der Waals surface area contributed by atoms with Crippen molar-refractivity contribution in [2.45, 2.75) is 32.6 Å². The van der Waals surface area contributed by atoms with Gasteiger partial charge in [0.05, 0.1) is 4.90 Å². The zero-order chi connectivity index (χ0) is 22.7. The molecule has 0 spiro atoms. The minimum atomic E-state index is -3.70. The SMILES string of the molecule is Cc1cccc([Si]2(c3cccc(C)c3)c3cc(C)ccc3-c3ccc(C)cc3S2(=O)=O)c1. The molecular weight excluding hydrogens is 428 g/mol. The number of fused-ring (bicyclic) bond motifs is 3. The Morgan fingerprint density at radius 2 is 1.06 bits per heavy atom. The summed E-state index contributed by atoms with van der Waals surface area (Å²) >= 11 is 0. The molecule has 0 aliphatic carbocycles. The number of benzene rings is 4. The largest absolute Gasteiger partial charge is 0.293 e. The molecule has 0 unspecified atom stereocenters. The summed E-state index contributed by atoms with van der Waals surface area (Å²) in [5.41, 5.74) is 6.03. The van der Waals surface area contributed by atoms with Gasteiger partial charge in [-0.05, 0) is 66.0 Å². The summed E-state index contributed by atoms with van der Waals surface area (Å²) in [6, 6.07) is 28.4. The maximum Gasteiger partial charge on any atom is 0.293 e. The molecule has 0 saturated carbocycles. The molecule has 2 nitrogen and oxygen atoms in total. The Labute approximate surface area is 191 Å². The van der Waals surface area contributed by atoms with Crippen molar-refractivity contribution in [2.24, 2.45) is 0 Å². The number of hydrogen-bond acceptors (Lipinski definition) is 2. The first-order valence-electron chi connectivity index (χ1n) is 10.9. The van der Waals surface area contributed by atoms with Crippen molar-refractivity contribution in [1.82, 2.24) is 0 Å². The van der Waals surface area contributed by atoms with Crippen molar-refractivity contribution < 1.29 is 8.42 Å². The summed E-state index contributed by atoms with van der Waals surface area (Å²) in [4.78, 5) is 0.462. The highest BCUT2D eigenvalue weighted by molar-refractivity contribution is 8.27. The molecule has 160 valence electrons. The van der Waals surface area contributed by atoms with Gasteiger partial charge in [-0.15, -0.1) is 0 Å². The van der Waals surface area contributed by atoms with Crippen molar-refractivity contribution in [3.8, 4) is 11.1 Å². The van der Waals surface area contributed by atoms with E-state index in [9.17, 15) is 8.42 Å². The predicted molar refractivity (Wildman–Crippen MR) is 136 cm³/mol. The van der Waals surface area contributed by atoms with Gasteiger partial charge >= 0.3 is 0 Å². The number of aryl methyl sites for hydroxylation is 4. The quantitative estimate of drug-likeness (QED) is 0.422.